The Bertz CT molecular complexity index is 593. The first-order chi connectivity index (χ1) is 9.06. The van der Waals surface area contributed by atoms with Crippen LogP contribution >= 0.6 is 0 Å². The van der Waals surface area contributed by atoms with Crippen molar-refractivity contribution in [3.63, 3.8) is 0 Å². The number of H-pyrrole nitrogens is 1. The lowest BCUT2D eigenvalue weighted by atomic mass is 10.1. The highest BCUT2D eigenvalue weighted by atomic mass is 16.5. The highest BCUT2D eigenvalue weighted by Crippen LogP contribution is 2.27. The highest BCUT2D eigenvalue weighted by molar-refractivity contribution is 6.19. The van der Waals surface area contributed by atoms with Crippen molar-refractivity contribution in [3.8, 4) is 0 Å². The highest BCUT2D eigenvalue weighted by Gasteiger charge is 2.35. The van der Waals surface area contributed by atoms with Crippen molar-refractivity contribution in [2.24, 2.45) is 0 Å². The van der Waals surface area contributed by atoms with Gasteiger partial charge >= 0.3 is 5.69 Å². The maximum atomic E-state index is 11.7. The second-order valence-corrected chi connectivity index (χ2v) is 4.22. The molecular weight excluding hydrogens is 251 g/mol. The van der Waals surface area contributed by atoms with E-state index in [0.29, 0.717) is 0 Å². The lowest BCUT2D eigenvalue weighted by Crippen LogP contribution is -2.33. The standard InChI is InChI=1S/C11H13BN2O5/c12-2-1-6-4-14(11(18)13-10(6)17)9-3-7(16)8(5-15)19-9/h1-2,4,7-9,15-16H,3,5H2,(H,13,17,18)/b2-1+/t7?,8-,9-/m1/s1. The van der Waals surface area contributed by atoms with Crippen LogP contribution in [0.4, 0.5) is 0 Å². The summed E-state index contributed by atoms with van der Waals surface area (Å²) in [6.07, 6.45) is 0.481. The molecule has 2 rings (SSSR count). The Kier molecular flexibility index (Phi) is 4.03. The van der Waals surface area contributed by atoms with Gasteiger partial charge in [-0.1, -0.05) is 6.08 Å². The fourth-order valence-corrected chi connectivity index (χ4v) is 1.99. The largest absolute Gasteiger partial charge is 0.394 e. The molecule has 0 bridgehead atoms. The van der Waals surface area contributed by atoms with E-state index in [1.54, 1.807) is 0 Å². The Labute approximate surface area is 109 Å². The number of nitrogens with zero attached hydrogens (tertiary/aromatic N) is 1. The number of aromatic amines is 1. The van der Waals surface area contributed by atoms with Crippen LogP contribution in [-0.2, 0) is 4.74 Å². The SMILES string of the molecule is [B]/C=C/c1cn([C@H]2CC(O)[C@@H](CO)O2)c(=O)[nH]c1=O. The van der Waals surface area contributed by atoms with Crippen molar-refractivity contribution < 1.29 is 14.9 Å². The van der Waals surface area contributed by atoms with E-state index in [9.17, 15) is 14.7 Å². The summed E-state index contributed by atoms with van der Waals surface area (Å²) in [6, 6.07) is 0. The molecule has 0 spiro atoms. The van der Waals surface area contributed by atoms with Gasteiger partial charge in [-0.15, -0.1) is 5.98 Å². The molecule has 0 saturated carbocycles. The maximum absolute atomic E-state index is 11.7. The molecule has 19 heavy (non-hydrogen) atoms. The number of hydrogen-bond acceptors (Lipinski definition) is 5. The zero-order chi connectivity index (χ0) is 14.0. The first kappa shape index (κ1) is 13.8. The molecule has 0 aliphatic carbocycles. The second kappa shape index (κ2) is 5.56. The zero-order valence-electron chi connectivity index (χ0n) is 10.0. The molecular formula is C11H13BN2O5. The van der Waals surface area contributed by atoms with E-state index in [4.69, 9.17) is 17.7 Å². The van der Waals surface area contributed by atoms with Crippen molar-refractivity contribution in [2.45, 2.75) is 24.9 Å². The molecule has 1 aliphatic heterocycles. The topological polar surface area (TPSA) is 105 Å². The van der Waals surface area contributed by atoms with Gasteiger partial charge in [-0.3, -0.25) is 14.3 Å². The number of aliphatic hydroxyl groups excluding tert-OH is 2. The molecule has 7 nitrogen and oxygen atoms in total. The van der Waals surface area contributed by atoms with Crippen molar-refractivity contribution in [3.05, 3.63) is 38.6 Å². The molecule has 1 aromatic rings. The van der Waals surface area contributed by atoms with Crippen molar-refractivity contribution in [2.75, 3.05) is 6.61 Å². The van der Waals surface area contributed by atoms with Crippen LogP contribution in [-0.4, -0.2) is 46.4 Å². The summed E-state index contributed by atoms with van der Waals surface area (Å²) in [7, 11) is 5.21. The second-order valence-electron chi connectivity index (χ2n) is 4.22. The van der Waals surface area contributed by atoms with Crippen molar-refractivity contribution >= 4 is 13.9 Å². The minimum Gasteiger partial charge on any atom is -0.394 e. The number of aromatic nitrogens is 2. The Morgan fingerprint density at radius 3 is 2.89 bits per heavy atom. The molecule has 3 atom stereocenters. The third-order valence-corrected chi connectivity index (χ3v) is 2.97. The predicted molar refractivity (Wildman–Crippen MR) is 67.7 cm³/mol. The summed E-state index contributed by atoms with van der Waals surface area (Å²) in [6.45, 7) is -0.342. The van der Waals surface area contributed by atoms with Crippen molar-refractivity contribution in [1.29, 1.82) is 0 Å². The Hall–Kier alpha value is -1.64. The number of hydrogen-bond donors (Lipinski definition) is 3. The van der Waals surface area contributed by atoms with E-state index in [1.165, 1.54) is 18.2 Å². The Morgan fingerprint density at radius 1 is 1.58 bits per heavy atom. The summed E-state index contributed by atoms with van der Waals surface area (Å²) in [5, 5.41) is 18.6. The van der Waals surface area contributed by atoms with Crippen LogP contribution in [0.15, 0.2) is 21.8 Å². The lowest BCUT2D eigenvalue weighted by molar-refractivity contribution is -0.0459. The maximum Gasteiger partial charge on any atom is 0.330 e. The number of nitrogens with one attached hydrogen (secondary N) is 1. The van der Waals surface area contributed by atoms with E-state index in [2.05, 4.69) is 4.98 Å². The summed E-state index contributed by atoms with van der Waals surface area (Å²) < 4.78 is 6.51. The van der Waals surface area contributed by atoms with Gasteiger partial charge in [-0.2, -0.15) is 0 Å². The summed E-state index contributed by atoms with van der Waals surface area (Å²) in [5.74, 6) is 1.18. The van der Waals surface area contributed by atoms with Gasteiger partial charge in [0, 0.05) is 12.6 Å². The fraction of sp³-hybridized carbons (Fsp3) is 0.455. The summed E-state index contributed by atoms with van der Waals surface area (Å²) in [5.41, 5.74) is -0.997. The van der Waals surface area contributed by atoms with Crippen LogP contribution in [0.25, 0.3) is 6.08 Å². The van der Waals surface area contributed by atoms with Gasteiger partial charge in [0.05, 0.1) is 18.3 Å². The fourth-order valence-electron chi connectivity index (χ4n) is 1.99. The zero-order valence-corrected chi connectivity index (χ0v) is 10.0. The molecule has 8 heteroatoms. The molecule has 3 N–H and O–H groups in total. The number of ether oxygens (including phenoxy) is 1. The molecule has 100 valence electrons. The van der Waals surface area contributed by atoms with Gasteiger partial charge in [0.2, 0.25) is 0 Å². The lowest BCUT2D eigenvalue weighted by Gasteiger charge is -2.14. The van der Waals surface area contributed by atoms with E-state index in [-0.39, 0.29) is 18.6 Å². The molecule has 1 aliphatic rings. The van der Waals surface area contributed by atoms with Crippen LogP contribution in [0.1, 0.15) is 18.2 Å². The summed E-state index contributed by atoms with van der Waals surface area (Å²) >= 11 is 0. The van der Waals surface area contributed by atoms with Gasteiger partial charge < -0.3 is 14.9 Å². The first-order valence-corrected chi connectivity index (χ1v) is 5.75. The quantitative estimate of drug-likeness (QED) is 0.565. The van der Waals surface area contributed by atoms with E-state index in [1.807, 2.05) is 0 Å². The van der Waals surface area contributed by atoms with Crippen molar-refractivity contribution in [1.82, 2.24) is 9.55 Å². The molecule has 1 fully saturated rings. The molecule has 0 aromatic carbocycles. The minimum atomic E-state index is -0.859. The smallest absolute Gasteiger partial charge is 0.330 e. The van der Waals surface area contributed by atoms with Gasteiger partial charge in [0.1, 0.15) is 20.2 Å². The van der Waals surface area contributed by atoms with E-state index < -0.39 is 29.7 Å². The molecule has 0 amide bonds. The molecule has 1 unspecified atom stereocenters. The van der Waals surface area contributed by atoms with Gasteiger partial charge in [0.25, 0.3) is 5.56 Å². The summed E-state index contributed by atoms with van der Waals surface area (Å²) in [4.78, 5) is 25.3. The van der Waals surface area contributed by atoms with Crippen LogP contribution in [0, 0.1) is 0 Å². The average Bonchev–Trinajstić information content (AvgIpc) is 2.74. The van der Waals surface area contributed by atoms with Crippen LogP contribution < -0.4 is 11.2 Å². The van der Waals surface area contributed by atoms with E-state index >= 15 is 0 Å². The Morgan fingerprint density at radius 2 is 2.32 bits per heavy atom. The van der Waals surface area contributed by atoms with Gasteiger partial charge in [-0.25, -0.2) is 4.79 Å². The van der Waals surface area contributed by atoms with Crippen LogP contribution in [0.3, 0.4) is 0 Å². The average molecular weight is 264 g/mol. The molecule has 2 radical (unpaired) electrons. The van der Waals surface area contributed by atoms with Gasteiger partial charge in [0.15, 0.2) is 0 Å². The van der Waals surface area contributed by atoms with Crippen LogP contribution in [0.5, 0.6) is 0 Å². The predicted octanol–water partition coefficient (Wildman–Crippen LogP) is -1.68. The number of rotatable bonds is 3. The monoisotopic (exact) mass is 264 g/mol. The molecule has 1 aromatic heterocycles. The third-order valence-electron chi connectivity index (χ3n) is 2.97. The Balaban J connectivity index is 2.38. The first-order valence-electron chi connectivity index (χ1n) is 5.75. The minimum absolute atomic E-state index is 0.156. The normalized spacial score (nSPS) is 27.2. The molecule has 2 heterocycles. The van der Waals surface area contributed by atoms with Gasteiger partial charge in [-0.05, 0) is 0 Å². The van der Waals surface area contributed by atoms with E-state index in [0.717, 1.165) is 4.57 Å². The van der Waals surface area contributed by atoms with Crippen LogP contribution in [0.2, 0.25) is 0 Å². The molecule has 1 saturated heterocycles. The number of aliphatic hydroxyl groups is 2. The third kappa shape index (κ3) is 2.70.